The zero-order chi connectivity index (χ0) is 19.2. The van der Waals surface area contributed by atoms with E-state index in [2.05, 4.69) is 10.1 Å². The van der Waals surface area contributed by atoms with E-state index >= 15 is 0 Å². The van der Waals surface area contributed by atoms with Crippen molar-refractivity contribution in [3.63, 3.8) is 0 Å². The largest absolute Gasteiger partial charge is 0.407 e. The maximum atomic E-state index is 13.2. The summed E-state index contributed by atoms with van der Waals surface area (Å²) >= 11 is 0. The molecule has 3 rings (SSSR count). The molecular formula is C20H21N3O3. The Morgan fingerprint density at radius 1 is 1.04 bits per heavy atom. The second-order valence-corrected chi connectivity index (χ2v) is 6.51. The molecule has 0 aliphatic rings. The first-order valence-electron chi connectivity index (χ1n) is 8.34. The predicted octanol–water partition coefficient (Wildman–Crippen LogP) is 3.36. The van der Waals surface area contributed by atoms with E-state index in [0.717, 1.165) is 27.8 Å². The number of esters is 1. The number of ketones is 1. The van der Waals surface area contributed by atoms with Gasteiger partial charge in [-0.1, -0.05) is 6.07 Å². The van der Waals surface area contributed by atoms with Crippen molar-refractivity contribution in [3.05, 3.63) is 51.8 Å². The van der Waals surface area contributed by atoms with Crippen molar-refractivity contribution in [2.45, 2.75) is 34.6 Å². The van der Waals surface area contributed by atoms with Crippen LogP contribution in [0.1, 0.15) is 45.2 Å². The third kappa shape index (κ3) is 2.77. The summed E-state index contributed by atoms with van der Waals surface area (Å²) in [7, 11) is 1.62. The van der Waals surface area contributed by atoms with Crippen LogP contribution < -0.4 is 4.74 Å². The summed E-state index contributed by atoms with van der Waals surface area (Å²) in [6.45, 7) is 9.31. The third-order valence-electron chi connectivity index (χ3n) is 4.76. The lowest BCUT2D eigenvalue weighted by molar-refractivity contribution is -0.132. The normalized spacial score (nSPS) is 11.0. The Balaban J connectivity index is 2.26. The first-order valence-corrected chi connectivity index (χ1v) is 8.34. The molecule has 1 aromatic carbocycles. The van der Waals surface area contributed by atoms with Crippen LogP contribution in [0.4, 0.5) is 0 Å². The van der Waals surface area contributed by atoms with Gasteiger partial charge >= 0.3 is 5.97 Å². The molecule has 0 spiro atoms. The third-order valence-corrected chi connectivity index (χ3v) is 4.76. The summed E-state index contributed by atoms with van der Waals surface area (Å²) in [5.41, 5.74) is 5.56. The highest BCUT2D eigenvalue weighted by Gasteiger charge is 2.24. The van der Waals surface area contributed by atoms with Crippen LogP contribution in [0.25, 0.3) is 10.9 Å². The number of hydrogen-bond donors (Lipinski definition) is 0. The molecule has 0 fully saturated rings. The number of hydrogen-bond acceptors (Lipinski definition) is 5. The lowest BCUT2D eigenvalue weighted by Crippen LogP contribution is -2.11. The van der Waals surface area contributed by atoms with Crippen LogP contribution >= 0.6 is 0 Å². The van der Waals surface area contributed by atoms with Crippen molar-refractivity contribution >= 4 is 22.7 Å². The number of carbonyl (C=O) groups excluding carboxylic acids is 2. The highest BCUT2D eigenvalue weighted by atomic mass is 16.5. The van der Waals surface area contributed by atoms with E-state index in [0.29, 0.717) is 11.1 Å². The van der Waals surface area contributed by atoms with E-state index in [4.69, 9.17) is 4.74 Å². The van der Waals surface area contributed by atoms with Gasteiger partial charge in [0.1, 0.15) is 5.56 Å². The highest BCUT2D eigenvalue weighted by Crippen LogP contribution is 2.30. The molecule has 0 N–H and O–H groups in total. The molecule has 2 heterocycles. The van der Waals surface area contributed by atoms with Crippen LogP contribution in [0.5, 0.6) is 5.88 Å². The molecule has 3 aromatic rings. The number of benzene rings is 1. The molecule has 26 heavy (non-hydrogen) atoms. The average molecular weight is 351 g/mol. The van der Waals surface area contributed by atoms with Crippen LogP contribution in [-0.4, -0.2) is 26.5 Å². The monoisotopic (exact) mass is 351 g/mol. The molecular weight excluding hydrogens is 330 g/mol. The summed E-state index contributed by atoms with van der Waals surface area (Å²) in [5, 5.41) is 5.04. The second kappa shape index (κ2) is 6.37. The standard InChI is InChI=1S/C20H21N3O3/c1-10-7-8-15(18-17(10)12(3)11(2)13(4)22-18)19(25)16-9-21-23(6)20(16)26-14(5)24/h7-9H,1-6H3. The molecule has 6 nitrogen and oxygen atoms in total. The quantitative estimate of drug-likeness (QED) is 0.534. The van der Waals surface area contributed by atoms with Gasteiger partial charge in [-0.25, -0.2) is 4.68 Å². The van der Waals surface area contributed by atoms with Gasteiger partial charge in [-0.2, -0.15) is 5.10 Å². The summed E-state index contributed by atoms with van der Waals surface area (Å²) in [6, 6.07) is 3.69. The zero-order valence-corrected chi connectivity index (χ0v) is 15.8. The van der Waals surface area contributed by atoms with Crippen molar-refractivity contribution in [1.29, 1.82) is 0 Å². The van der Waals surface area contributed by atoms with Crippen molar-refractivity contribution in [3.8, 4) is 5.88 Å². The fourth-order valence-corrected chi connectivity index (χ4v) is 3.16. The molecule has 6 heteroatoms. The van der Waals surface area contributed by atoms with Gasteiger partial charge in [-0.05, 0) is 50.5 Å². The minimum Gasteiger partial charge on any atom is -0.407 e. The SMILES string of the molecule is CC(=O)Oc1c(C(=O)c2ccc(C)c3c(C)c(C)c(C)nc23)cnn1C. The van der Waals surface area contributed by atoms with E-state index in [-0.39, 0.29) is 17.2 Å². The lowest BCUT2D eigenvalue weighted by Gasteiger charge is -2.14. The van der Waals surface area contributed by atoms with Crippen molar-refractivity contribution in [2.75, 3.05) is 0 Å². The Labute approximate surface area is 151 Å². The second-order valence-electron chi connectivity index (χ2n) is 6.51. The zero-order valence-electron chi connectivity index (χ0n) is 15.8. The molecule has 0 saturated carbocycles. The number of aromatic nitrogens is 3. The van der Waals surface area contributed by atoms with Crippen molar-refractivity contribution in [1.82, 2.24) is 14.8 Å². The predicted molar refractivity (Wildman–Crippen MR) is 98.6 cm³/mol. The number of nitrogens with zero attached hydrogens (tertiary/aromatic N) is 3. The Bertz CT molecular complexity index is 1060. The topological polar surface area (TPSA) is 74.1 Å². The molecule has 0 bridgehead atoms. The van der Waals surface area contributed by atoms with Crippen LogP contribution in [0.15, 0.2) is 18.3 Å². The van der Waals surface area contributed by atoms with E-state index in [1.165, 1.54) is 17.8 Å². The number of fused-ring (bicyclic) bond motifs is 1. The lowest BCUT2D eigenvalue weighted by atomic mass is 9.94. The van der Waals surface area contributed by atoms with Gasteiger partial charge in [0.05, 0.1) is 11.7 Å². The number of pyridine rings is 1. The van der Waals surface area contributed by atoms with Gasteiger partial charge in [0.15, 0.2) is 0 Å². The number of aryl methyl sites for hydroxylation is 4. The van der Waals surface area contributed by atoms with Crippen LogP contribution in [0, 0.1) is 27.7 Å². The van der Waals surface area contributed by atoms with Gasteiger partial charge in [-0.15, -0.1) is 0 Å². The van der Waals surface area contributed by atoms with Gasteiger partial charge < -0.3 is 4.74 Å². The van der Waals surface area contributed by atoms with Crippen LogP contribution in [-0.2, 0) is 11.8 Å². The van der Waals surface area contributed by atoms with E-state index < -0.39 is 5.97 Å². The Morgan fingerprint density at radius 2 is 1.73 bits per heavy atom. The van der Waals surface area contributed by atoms with E-state index in [9.17, 15) is 9.59 Å². The minimum atomic E-state index is -0.503. The molecule has 0 radical (unpaired) electrons. The fraction of sp³-hybridized carbons (Fsp3) is 0.300. The van der Waals surface area contributed by atoms with Gasteiger partial charge in [-0.3, -0.25) is 14.6 Å². The fourth-order valence-electron chi connectivity index (χ4n) is 3.16. The van der Waals surface area contributed by atoms with Crippen molar-refractivity contribution < 1.29 is 14.3 Å². The minimum absolute atomic E-state index is 0.136. The molecule has 2 aromatic heterocycles. The van der Waals surface area contributed by atoms with Gasteiger partial charge in [0, 0.05) is 30.6 Å². The van der Waals surface area contributed by atoms with Gasteiger partial charge in [0.2, 0.25) is 11.7 Å². The van der Waals surface area contributed by atoms with Crippen LogP contribution in [0.2, 0.25) is 0 Å². The van der Waals surface area contributed by atoms with Crippen LogP contribution in [0.3, 0.4) is 0 Å². The molecule has 0 unspecified atom stereocenters. The van der Waals surface area contributed by atoms with E-state index in [1.807, 2.05) is 33.8 Å². The van der Waals surface area contributed by atoms with Gasteiger partial charge in [0.25, 0.3) is 0 Å². The molecule has 134 valence electrons. The summed E-state index contributed by atoms with van der Waals surface area (Å²) < 4.78 is 6.56. The Kier molecular flexibility index (Phi) is 4.36. The van der Waals surface area contributed by atoms with Crippen molar-refractivity contribution in [2.24, 2.45) is 7.05 Å². The molecule has 0 aliphatic carbocycles. The first-order chi connectivity index (χ1) is 12.2. The summed E-state index contributed by atoms with van der Waals surface area (Å²) in [4.78, 5) is 29.3. The highest BCUT2D eigenvalue weighted by molar-refractivity contribution is 6.17. The molecule has 0 atom stereocenters. The number of rotatable bonds is 3. The number of carbonyl (C=O) groups is 2. The molecule has 0 saturated heterocycles. The Morgan fingerprint density at radius 3 is 2.38 bits per heavy atom. The molecule has 0 aliphatic heterocycles. The average Bonchev–Trinajstić information content (AvgIpc) is 2.92. The number of ether oxygens (including phenoxy) is 1. The summed E-state index contributed by atoms with van der Waals surface area (Å²) in [5.74, 6) is -0.636. The summed E-state index contributed by atoms with van der Waals surface area (Å²) in [6.07, 6.45) is 1.42. The maximum Gasteiger partial charge on any atom is 0.309 e. The first kappa shape index (κ1) is 17.8. The van der Waals surface area contributed by atoms with E-state index in [1.54, 1.807) is 13.1 Å². The Hall–Kier alpha value is -3.02. The molecule has 0 amide bonds. The maximum absolute atomic E-state index is 13.2. The smallest absolute Gasteiger partial charge is 0.309 e.